The van der Waals surface area contributed by atoms with Gasteiger partial charge in [-0.2, -0.15) is 5.26 Å². The predicted octanol–water partition coefficient (Wildman–Crippen LogP) is 3.42. The van der Waals surface area contributed by atoms with Gasteiger partial charge in [-0.05, 0) is 26.3 Å². The highest BCUT2D eigenvalue weighted by Crippen LogP contribution is 2.34. The second-order valence-corrected chi connectivity index (χ2v) is 7.09. The minimum Gasteiger partial charge on any atom is -0.444 e. The van der Waals surface area contributed by atoms with Crippen LogP contribution >= 0.6 is 11.3 Å². The minimum atomic E-state index is -0.830. The lowest BCUT2D eigenvalue weighted by Crippen LogP contribution is -2.28. The first-order valence-corrected chi connectivity index (χ1v) is 7.41. The van der Waals surface area contributed by atoms with Gasteiger partial charge in [0.05, 0.1) is 5.56 Å². The van der Waals surface area contributed by atoms with E-state index < -0.39 is 17.5 Å². The maximum absolute atomic E-state index is 12.2. The van der Waals surface area contributed by atoms with Crippen molar-refractivity contribution in [2.75, 3.05) is 5.32 Å². The van der Waals surface area contributed by atoms with Crippen molar-refractivity contribution < 1.29 is 14.3 Å². The molecule has 1 N–H and O–H groups in total. The third-order valence-corrected chi connectivity index (χ3v) is 4.09. The van der Waals surface area contributed by atoms with Crippen LogP contribution in [0.2, 0.25) is 0 Å². The summed E-state index contributed by atoms with van der Waals surface area (Å²) in [6.45, 7) is 10.6. The first kappa shape index (κ1) is 17.2. The van der Waals surface area contributed by atoms with Crippen molar-refractivity contribution in [3.8, 4) is 6.07 Å². The van der Waals surface area contributed by atoms with Gasteiger partial charge in [0.25, 0.3) is 0 Å². The van der Waals surface area contributed by atoms with E-state index in [1.54, 1.807) is 27.7 Å². The van der Waals surface area contributed by atoms with E-state index in [1.807, 2.05) is 13.0 Å². The second kappa shape index (κ2) is 6.27. The van der Waals surface area contributed by atoms with Crippen molar-refractivity contribution in [1.82, 2.24) is 0 Å². The summed E-state index contributed by atoms with van der Waals surface area (Å²) in [5, 5.41) is 12.0. The van der Waals surface area contributed by atoms with Gasteiger partial charge in [-0.1, -0.05) is 20.8 Å². The molecular weight excluding hydrogens is 288 g/mol. The molecule has 0 unspecified atom stereocenters. The minimum absolute atomic E-state index is 0.175. The quantitative estimate of drug-likeness (QED) is 0.868. The van der Waals surface area contributed by atoms with Crippen LogP contribution in [0.3, 0.4) is 0 Å². The van der Waals surface area contributed by atoms with Crippen LogP contribution in [-0.4, -0.2) is 18.0 Å². The fraction of sp³-hybridized carbons (Fsp3) is 0.533. The van der Waals surface area contributed by atoms with E-state index in [0.717, 1.165) is 10.4 Å². The van der Waals surface area contributed by atoms with Crippen molar-refractivity contribution >= 4 is 28.2 Å². The lowest BCUT2D eigenvalue weighted by atomic mass is 9.96. The van der Waals surface area contributed by atoms with Crippen molar-refractivity contribution in [2.45, 2.75) is 47.6 Å². The number of ether oxygens (including phenoxy) is 1. The summed E-state index contributed by atoms with van der Waals surface area (Å²) in [5.41, 5.74) is 0.531. The number of carbonyl (C=O) groups excluding carboxylic acids is 2. The molecule has 114 valence electrons. The molecule has 0 bridgehead atoms. The molecule has 21 heavy (non-hydrogen) atoms. The number of nitriles is 1. The highest BCUT2D eigenvalue weighted by atomic mass is 32.1. The monoisotopic (exact) mass is 308 g/mol. The summed E-state index contributed by atoms with van der Waals surface area (Å²) >= 11 is 1.33. The van der Waals surface area contributed by atoms with Gasteiger partial charge >= 0.3 is 5.97 Å². The maximum Gasteiger partial charge on any atom is 0.342 e. The molecule has 1 atom stereocenters. The number of thiophene rings is 1. The van der Waals surface area contributed by atoms with Crippen LogP contribution in [0.5, 0.6) is 0 Å². The van der Waals surface area contributed by atoms with E-state index in [2.05, 4.69) is 5.32 Å². The summed E-state index contributed by atoms with van der Waals surface area (Å²) in [7, 11) is 0. The molecule has 0 radical (unpaired) electrons. The lowest BCUT2D eigenvalue weighted by Gasteiger charge is -2.17. The third kappa shape index (κ3) is 4.05. The molecule has 1 amide bonds. The number of esters is 1. The number of amides is 1. The Balaban J connectivity index is 3.13. The van der Waals surface area contributed by atoms with Gasteiger partial charge < -0.3 is 10.1 Å². The Morgan fingerprint density at radius 1 is 1.33 bits per heavy atom. The van der Waals surface area contributed by atoms with Gasteiger partial charge in [0.15, 0.2) is 6.10 Å². The summed E-state index contributed by atoms with van der Waals surface area (Å²) in [6.07, 6.45) is -0.830. The van der Waals surface area contributed by atoms with E-state index >= 15 is 0 Å². The van der Waals surface area contributed by atoms with E-state index in [4.69, 9.17) is 10.00 Å². The number of nitrogens with one attached hydrogen (secondary N) is 1. The van der Waals surface area contributed by atoms with Crippen LogP contribution in [0.25, 0.3) is 0 Å². The average molecular weight is 308 g/mol. The fourth-order valence-corrected chi connectivity index (χ4v) is 2.54. The van der Waals surface area contributed by atoms with Gasteiger partial charge in [-0.15, -0.1) is 11.3 Å². The molecule has 0 aliphatic rings. The summed E-state index contributed by atoms with van der Waals surface area (Å²) in [5.74, 6) is -0.763. The zero-order valence-electron chi connectivity index (χ0n) is 13.2. The van der Waals surface area contributed by atoms with Gasteiger partial charge in [0.2, 0.25) is 5.91 Å². The molecular formula is C15H20N2O3S. The molecule has 0 saturated heterocycles. The number of hydrogen-bond acceptors (Lipinski definition) is 5. The van der Waals surface area contributed by atoms with Gasteiger partial charge in [-0.3, -0.25) is 4.79 Å². The molecule has 1 aromatic rings. The Morgan fingerprint density at radius 2 is 1.90 bits per heavy atom. The first-order chi connectivity index (χ1) is 9.57. The highest BCUT2D eigenvalue weighted by Gasteiger charge is 2.27. The number of anilines is 1. The zero-order chi connectivity index (χ0) is 16.4. The molecule has 1 aromatic heterocycles. The summed E-state index contributed by atoms with van der Waals surface area (Å²) in [4.78, 5) is 25.2. The van der Waals surface area contributed by atoms with Crippen LogP contribution in [0.15, 0.2) is 0 Å². The number of nitrogens with zero attached hydrogens (tertiary/aromatic N) is 1. The molecule has 0 aliphatic carbocycles. The molecule has 6 heteroatoms. The fourth-order valence-electron chi connectivity index (χ4n) is 1.50. The number of aryl methyl sites for hydroxylation is 1. The standard InChI is InChI=1S/C15H20N2O3S/c1-8(7-16)20-13(18)11-9(2)10(3)21-12(11)17-14(19)15(4,5)6/h8H,1-6H3,(H,17,19)/t8-/m1/s1. The molecule has 1 rings (SSSR count). The van der Waals surface area contributed by atoms with Gasteiger partial charge in [0.1, 0.15) is 11.1 Å². The predicted molar refractivity (Wildman–Crippen MR) is 82.4 cm³/mol. The molecule has 0 saturated carbocycles. The summed E-state index contributed by atoms with van der Waals surface area (Å²) < 4.78 is 5.04. The van der Waals surface area contributed by atoms with E-state index in [-0.39, 0.29) is 5.91 Å². The van der Waals surface area contributed by atoms with E-state index in [1.165, 1.54) is 18.3 Å². The number of rotatable bonds is 3. The van der Waals surface area contributed by atoms with Gasteiger partial charge in [-0.25, -0.2) is 4.79 Å². The van der Waals surface area contributed by atoms with Crippen molar-refractivity contribution in [3.05, 3.63) is 16.0 Å². The van der Waals surface area contributed by atoms with Crippen molar-refractivity contribution in [2.24, 2.45) is 5.41 Å². The highest BCUT2D eigenvalue weighted by molar-refractivity contribution is 7.16. The Kier molecular flexibility index (Phi) is 5.13. The lowest BCUT2D eigenvalue weighted by molar-refractivity contribution is -0.123. The maximum atomic E-state index is 12.2. The van der Waals surface area contributed by atoms with Crippen LogP contribution < -0.4 is 5.32 Å². The Labute approximate surface area is 128 Å². The third-order valence-electron chi connectivity index (χ3n) is 2.96. The Morgan fingerprint density at radius 3 is 2.38 bits per heavy atom. The molecule has 1 heterocycles. The molecule has 5 nitrogen and oxygen atoms in total. The normalized spacial score (nSPS) is 12.4. The molecule has 0 aliphatic heterocycles. The topological polar surface area (TPSA) is 79.2 Å². The Bertz CT molecular complexity index is 606. The zero-order valence-corrected chi connectivity index (χ0v) is 14.0. The van der Waals surface area contributed by atoms with Crippen LogP contribution in [0.4, 0.5) is 5.00 Å². The van der Waals surface area contributed by atoms with E-state index in [9.17, 15) is 9.59 Å². The van der Waals surface area contributed by atoms with Crippen molar-refractivity contribution in [1.29, 1.82) is 5.26 Å². The molecule has 0 aromatic carbocycles. The largest absolute Gasteiger partial charge is 0.444 e. The number of hydrogen-bond donors (Lipinski definition) is 1. The SMILES string of the molecule is Cc1sc(NC(=O)C(C)(C)C)c(C(=O)O[C@H](C)C#N)c1C. The second-order valence-electron chi connectivity index (χ2n) is 5.87. The smallest absolute Gasteiger partial charge is 0.342 e. The van der Waals surface area contributed by atoms with Crippen LogP contribution in [0.1, 0.15) is 48.5 Å². The van der Waals surface area contributed by atoms with Gasteiger partial charge in [0, 0.05) is 10.3 Å². The molecule has 0 spiro atoms. The summed E-state index contributed by atoms with van der Waals surface area (Å²) in [6, 6.07) is 1.85. The molecule has 0 fully saturated rings. The Hall–Kier alpha value is -1.87. The van der Waals surface area contributed by atoms with Crippen molar-refractivity contribution in [3.63, 3.8) is 0 Å². The van der Waals surface area contributed by atoms with Crippen LogP contribution in [0, 0.1) is 30.6 Å². The van der Waals surface area contributed by atoms with E-state index in [0.29, 0.717) is 10.6 Å². The van der Waals surface area contributed by atoms with Crippen LogP contribution in [-0.2, 0) is 9.53 Å². The first-order valence-electron chi connectivity index (χ1n) is 6.60. The average Bonchev–Trinajstić information content (AvgIpc) is 2.63. The number of carbonyl (C=O) groups is 2.